The molecule has 1 unspecified atom stereocenters. The summed E-state index contributed by atoms with van der Waals surface area (Å²) < 4.78 is 119. The van der Waals surface area contributed by atoms with Gasteiger partial charge in [0, 0.05) is 18.2 Å². The highest BCUT2D eigenvalue weighted by molar-refractivity contribution is 7.92. The monoisotopic (exact) mass is 600 g/mol. The van der Waals surface area contributed by atoms with Crippen LogP contribution in [0.25, 0.3) is 0 Å². The molecule has 1 heterocycles. The maximum atomic E-state index is 13.6. The van der Waals surface area contributed by atoms with E-state index >= 15 is 0 Å². The molecule has 1 atom stereocenters. The molecule has 0 radical (unpaired) electrons. The maximum Gasteiger partial charge on any atom is 0.573 e. The Morgan fingerprint density at radius 2 is 1.77 bits per heavy atom. The molecule has 2 aromatic carbocycles. The standard InChI is InChI=1S/C23H22F6N2O8S/c1-21(2,22(24,25)26)39-20(34)30-13-6-8-18-17(10-13)31(12-15(37-18)7-9-19(32)33)40(35,36)16-5-3-4-14(11-16)38-23(27,28)29/h3-6,8,10-11,15H,7,9,12H2,1-2H3,(H,30,34)(H,32,33). The fourth-order valence-electron chi connectivity index (χ4n) is 3.44. The molecule has 3 rings (SSSR count). The van der Waals surface area contributed by atoms with E-state index in [1.807, 2.05) is 0 Å². The van der Waals surface area contributed by atoms with Crippen molar-refractivity contribution >= 4 is 33.5 Å². The number of hydrogen-bond acceptors (Lipinski definition) is 7. The largest absolute Gasteiger partial charge is 0.573 e. The van der Waals surface area contributed by atoms with Gasteiger partial charge >= 0.3 is 24.6 Å². The van der Waals surface area contributed by atoms with Crippen molar-refractivity contribution in [1.29, 1.82) is 0 Å². The van der Waals surface area contributed by atoms with Gasteiger partial charge in [-0.3, -0.25) is 14.4 Å². The van der Waals surface area contributed by atoms with E-state index in [0.29, 0.717) is 19.9 Å². The molecule has 0 bridgehead atoms. The number of sulfonamides is 1. The Labute approximate surface area is 223 Å². The van der Waals surface area contributed by atoms with Gasteiger partial charge in [-0.2, -0.15) is 13.2 Å². The second kappa shape index (κ2) is 10.9. The lowest BCUT2D eigenvalue weighted by molar-refractivity contribution is -0.274. The Bertz CT molecular complexity index is 1380. The summed E-state index contributed by atoms with van der Waals surface area (Å²) in [7, 11) is -4.65. The molecule has 0 saturated heterocycles. The molecular formula is C23H22F6N2O8S. The van der Waals surface area contributed by atoms with Crippen LogP contribution in [0.3, 0.4) is 0 Å². The van der Waals surface area contributed by atoms with E-state index in [-0.39, 0.29) is 23.5 Å². The number of carboxylic acids is 1. The van der Waals surface area contributed by atoms with E-state index in [1.165, 1.54) is 12.1 Å². The highest BCUT2D eigenvalue weighted by atomic mass is 32.2. The number of nitrogens with one attached hydrogen (secondary N) is 1. The molecule has 0 spiro atoms. The van der Waals surface area contributed by atoms with Gasteiger partial charge in [-0.25, -0.2) is 13.2 Å². The number of alkyl halides is 6. The van der Waals surface area contributed by atoms with Crippen molar-refractivity contribution in [3.8, 4) is 11.5 Å². The maximum absolute atomic E-state index is 13.6. The van der Waals surface area contributed by atoms with Crippen molar-refractivity contribution in [2.24, 2.45) is 0 Å². The lowest BCUT2D eigenvalue weighted by Gasteiger charge is -2.35. The van der Waals surface area contributed by atoms with Gasteiger partial charge in [-0.15, -0.1) is 13.2 Å². The Morgan fingerprint density at radius 3 is 2.38 bits per heavy atom. The van der Waals surface area contributed by atoms with Gasteiger partial charge in [-0.05, 0) is 50.6 Å². The molecule has 0 aromatic heterocycles. The van der Waals surface area contributed by atoms with Gasteiger partial charge in [0.25, 0.3) is 10.0 Å². The summed E-state index contributed by atoms with van der Waals surface area (Å²) in [6.45, 7) is 0.757. The number of nitrogens with zero attached hydrogens (tertiary/aromatic N) is 1. The lowest BCUT2D eigenvalue weighted by atomic mass is 10.1. The summed E-state index contributed by atoms with van der Waals surface area (Å²) >= 11 is 0. The molecule has 1 amide bonds. The predicted octanol–water partition coefficient (Wildman–Crippen LogP) is 5.30. The molecule has 220 valence electrons. The zero-order valence-electron chi connectivity index (χ0n) is 20.7. The zero-order chi connectivity index (χ0) is 30.1. The molecule has 40 heavy (non-hydrogen) atoms. The molecule has 17 heteroatoms. The molecule has 1 aliphatic heterocycles. The molecule has 10 nitrogen and oxygen atoms in total. The van der Waals surface area contributed by atoms with Crippen LogP contribution in [0.15, 0.2) is 47.4 Å². The summed E-state index contributed by atoms with van der Waals surface area (Å²) in [6.07, 6.45) is -13.0. The Hall–Kier alpha value is -3.89. The summed E-state index contributed by atoms with van der Waals surface area (Å²) in [5.74, 6) is -2.13. The minimum absolute atomic E-state index is 0.109. The first-order valence-corrected chi connectivity index (χ1v) is 12.7. The van der Waals surface area contributed by atoms with Crippen molar-refractivity contribution in [3.63, 3.8) is 0 Å². The number of fused-ring (bicyclic) bond motifs is 1. The second-order valence-corrected chi connectivity index (χ2v) is 10.8. The van der Waals surface area contributed by atoms with Crippen LogP contribution < -0.4 is 19.1 Å². The van der Waals surface area contributed by atoms with Crippen molar-refractivity contribution in [1.82, 2.24) is 0 Å². The van der Waals surface area contributed by atoms with Gasteiger partial charge in [0.1, 0.15) is 17.6 Å². The predicted molar refractivity (Wildman–Crippen MR) is 126 cm³/mol. The van der Waals surface area contributed by atoms with E-state index in [1.54, 1.807) is 0 Å². The minimum Gasteiger partial charge on any atom is -0.486 e. The Morgan fingerprint density at radius 1 is 1.10 bits per heavy atom. The minimum atomic E-state index is -5.11. The first kappa shape index (κ1) is 30.6. The number of carbonyl (C=O) groups is 2. The fraction of sp³-hybridized carbons (Fsp3) is 0.391. The number of benzene rings is 2. The number of halogens is 6. The molecule has 0 aliphatic carbocycles. The van der Waals surface area contributed by atoms with Crippen LogP contribution in [0.4, 0.5) is 42.5 Å². The summed E-state index contributed by atoms with van der Waals surface area (Å²) in [4.78, 5) is 22.5. The van der Waals surface area contributed by atoms with Gasteiger partial charge in [-0.1, -0.05) is 6.07 Å². The van der Waals surface area contributed by atoms with Crippen LogP contribution in [0.1, 0.15) is 26.7 Å². The van der Waals surface area contributed by atoms with Crippen LogP contribution >= 0.6 is 0 Å². The number of hydrogen-bond donors (Lipinski definition) is 2. The van der Waals surface area contributed by atoms with Crippen molar-refractivity contribution in [2.75, 3.05) is 16.2 Å². The number of aliphatic carboxylic acids is 1. The molecule has 2 N–H and O–H groups in total. The van der Waals surface area contributed by atoms with Crippen LogP contribution in [0, 0.1) is 0 Å². The third kappa shape index (κ3) is 7.40. The zero-order valence-corrected chi connectivity index (χ0v) is 21.5. The molecule has 0 fully saturated rings. The highest BCUT2D eigenvalue weighted by Crippen LogP contribution is 2.40. The number of amides is 1. The number of anilines is 2. The lowest BCUT2D eigenvalue weighted by Crippen LogP contribution is -2.44. The normalized spacial score (nSPS) is 16.0. The number of carbonyl (C=O) groups excluding carboxylic acids is 1. The van der Waals surface area contributed by atoms with Crippen LogP contribution in [-0.4, -0.2) is 56.4 Å². The van der Waals surface area contributed by atoms with E-state index < -0.39 is 69.9 Å². The van der Waals surface area contributed by atoms with Crippen LogP contribution in [0.2, 0.25) is 0 Å². The van der Waals surface area contributed by atoms with Crippen molar-refractivity contribution < 1.29 is 63.7 Å². The Kier molecular flexibility index (Phi) is 8.38. The summed E-state index contributed by atoms with van der Waals surface area (Å²) in [5.41, 5.74) is -3.30. The summed E-state index contributed by atoms with van der Waals surface area (Å²) in [6, 6.07) is 6.90. The first-order valence-electron chi connectivity index (χ1n) is 11.3. The molecule has 1 aliphatic rings. The van der Waals surface area contributed by atoms with E-state index in [0.717, 1.165) is 28.6 Å². The molecule has 2 aromatic rings. The average molecular weight is 600 g/mol. The average Bonchev–Trinajstić information content (AvgIpc) is 2.80. The van der Waals surface area contributed by atoms with E-state index in [2.05, 4.69) is 14.8 Å². The molecule has 0 saturated carbocycles. The second-order valence-electron chi connectivity index (χ2n) is 8.94. The quantitative estimate of drug-likeness (QED) is 0.391. The van der Waals surface area contributed by atoms with Gasteiger partial charge in [0.05, 0.1) is 17.1 Å². The smallest absolute Gasteiger partial charge is 0.486 e. The summed E-state index contributed by atoms with van der Waals surface area (Å²) in [5, 5.41) is 11.1. The van der Waals surface area contributed by atoms with Gasteiger partial charge in [0.2, 0.25) is 5.60 Å². The van der Waals surface area contributed by atoms with Gasteiger partial charge < -0.3 is 19.3 Å². The fourth-order valence-corrected chi connectivity index (χ4v) is 4.98. The van der Waals surface area contributed by atoms with Crippen molar-refractivity contribution in [2.45, 2.75) is 55.8 Å². The Balaban J connectivity index is 1.98. The number of carboxylic acid groups (broad SMARTS) is 1. The van der Waals surface area contributed by atoms with Crippen molar-refractivity contribution in [3.05, 3.63) is 42.5 Å². The number of ether oxygens (including phenoxy) is 3. The highest BCUT2D eigenvalue weighted by Gasteiger charge is 2.51. The third-order valence-electron chi connectivity index (χ3n) is 5.47. The van der Waals surface area contributed by atoms with Crippen LogP contribution in [0.5, 0.6) is 11.5 Å². The topological polar surface area (TPSA) is 131 Å². The van der Waals surface area contributed by atoms with Crippen LogP contribution in [-0.2, 0) is 19.6 Å². The third-order valence-corrected chi connectivity index (χ3v) is 7.25. The van der Waals surface area contributed by atoms with Gasteiger partial charge in [0.15, 0.2) is 0 Å². The SMILES string of the molecule is CC(C)(OC(=O)Nc1ccc2c(c1)N(S(=O)(=O)c1cccc(OC(F)(F)F)c1)CC(CCC(=O)O)O2)C(F)(F)F. The van der Waals surface area contributed by atoms with E-state index in [4.69, 9.17) is 9.84 Å². The first-order chi connectivity index (χ1) is 18.3. The number of rotatable bonds is 8. The van der Waals surface area contributed by atoms with E-state index in [9.17, 15) is 44.3 Å². The molecular weight excluding hydrogens is 578 g/mol.